The Labute approximate surface area is 167 Å². The molecule has 0 heterocycles. The lowest BCUT2D eigenvalue weighted by atomic mass is 10.2. The standard InChI is InChI=1S/C17H18Cl2N2O5S/c1-25-15-6-4-11(18)8-13(15)20-17(22)10-21(27(3,23)24)14-9-12(19)5-7-16(14)26-2/h4-9H,10H2,1-3H3,(H,20,22). The Hall–Kier alpha value is -2.16. The van der Waals surface area contributed by atoms with Crippen LogP contribution in [0.15, 0.2) is 36.4 Å². The van der Waals surface area contributed by atoms with E-state index in [0.717, 1.165) is 10.6 Å². The zero-order valence-corrected chi connectivity index (χ0v) is 17.2. The number of hydrogen-bond acceptors (Lipinski definition) is 5. The second-order valence-corrected chi connectivity index (χ2v) is 8.26. The predicted molar refractivity (Wildman–Crippen MR) is 107 cm³/mol. The van der Waals surface area contributed by atoms with E-state index in [0.29, 0.717) is 21.5 Å². The maximum Gasteiger partial charge on any atom is 0.245 e. The zero-order valence-electron chi connectivity index (χ0n) is 14.8. The third-order valence-electron chi connectivity index (χ3n) is 3.53. The zero-order chi connectivity index (χ0) is 20.2. The van der Waals surface area contributed by atoms with Crippen LogP contribution in [0, 0.1) is 0 Å². The van der Waals surface area contributed by atoms with Gasteiger partial charge in [0, 0.05) is 10.0 Å². The van der Waals surface area contributed by atoms with Crippen LogP contribution in [0.3, 0.4) is 0 Å². The summed E-state index contributed by atoms with van der Waals surface area (Å²) in [6.07, 6.45) is 0.987. The summed E-state index contributed by atoms with van der Waals surface area (Å²) in [5, 5.41) is 3.29. The van der Waals surface area contributed by atoms with E-state index < -0.39 is 22.5 Å². The van der Waals surface area contributed by atoms with Crippen LogP contribution in [0.25, 0.3) is 0 Å². The van der Waals surface area contributed by atoms with Crippen LogP contribution < -0.4 is 19.1 Å². The van der Waals surface area contributed by atoms with E-state index in [-0.39, 0.29) is 11.4 Å². The fraction of sp³-hybridized carbons (Fsp3) is 0.235. The summed E-state index contributed by atoms with van der Waals surface area (Å²) >= 11 is 11.9. The number of hydrogen-bond donors (Lipinski definition) is 1. The summed E-state index contributed by atoms with van der Waals surface area (Å²) in [5.41, 5.74) is 0.474. The molecule has 0 bridgehead atoms. The van der Waals surface area contributed by atoms with Gasteiger partial charge in [0.15, 0.2) is 0 Å². The lowest BCUT2D eigenvalue weighted by molar-refractivity contribution is -0.114. The average Bonchev–Trinajstić information content (AvgIpc) is 2.59. The highest BCUT2D eigenvalue weighted by atomic mass is 35.5. The van der Waals surface area contributed by atoms with Gasteiger partial charge in [0.1, 0.15) is 18.0 Å². The number of halogens is 2. The van der Waals surface area contributed by atoms with Gasteiger partial charge >= 0.3 is 0 Å². The summed E-state index contributed by atoms with van der Waals surface area (Å²) in [6.45, 7) is -0.495. The molecule has 0 aromatic heterocycles. The van der Waals surface area contributed by atoms with Gasteiger partial charge in [-0.2, -0.15) is 0 Å². The molecule has 2 aromatic carbocycles. The number of ether oxygens (including phenoxy) is 2. The lowest BCUT2D eigenvalue weighted by Crippen LogP contribution is -2.37. The molecule has 146 valence electrons. The first-order valence-electron chi connectivity index (χ1n) is 7.60. The number of amides is 1. The van der Waals surface area contributed by atoms with Gasteiger partial charge in [-0.1, -0.05) is 23.2 Å². The Morgan fingerprint density at radius 1 is 1.04 bits per heavy atom. The number of rotatable bonds is 7. The van der Waals surface area contributed by atoms with Crippen LogP contribution in [0.4, 0.5) is 11.4 Å². The van der Waals surface area contributed by atoms with E-state index in [2.05, 4.69) is 5.32 Å². The summed E-state index contributed by atoms with van der Waals surface area (Å²) < 4.78 is 35.8. The second kappa shape index (κ2) is 8.69. The van der Waals surface area contributed by atoms with Crippen LogP contribution in [-0.4, -0.2) is 41.3 Å². The molecule has 0 saturated carbocycles. The number of anilines is 2. The molecule has 0 aliphatic heterocycles. The van der Waals surface area contributed by atoms with Crippen molar-refractivity contribution < 1.29 is 22.7 Å². The van der Waals surface area contributed by atoms with Gasteiger partial charge in [0.05, 0.1) is 31.9 Å². The Morgan fingerprint density at radius 3 is 2.15 bits per heavy atom. The van der Waals surface area contributed by atoms with Crippen molar-refractivity contribution in [2.24, 2.45) is 0 Å². The Balaban J connectivity index is 2.34. The third-order valence-corrected chi connectivity index (χ3v) is 5.13. The summed E-state index contributed by atoms with van der Waals surface area (Å²) in [7, 11) is -0.966. The van der Waals surface area contributed by atoms with Crippen molar-refractivity contribution in [3.8, 4) is 11.5 Å². The molecule has 0 aliphatic carbocycles. The molecular formula is C17H18Cl2N2O5S. The maximum atomic E-state index is 12.5. The monoisotopic (exact) mass is 432 g/mol. The number of methoxy groups -OCH3 is 2. The first-order valence-corrected chi connectivity index (χ1v) is 10.2. The minimum Gasteiger partial charge on any atom is -0.495 e. The van der Waals surface area contributed by atoms with Gasteiger partial charge < -0.3 is 14.8 Å². The molecule has 2 rings (SSSR count). The molecule has 1 N–H and O–H groups in total. The van der Waals surface area contributed by atoms with E-state index in [9.17, 15) is 13.2 Å². The van der Waals surface area contributed by atoms with E-state index >= 15 is 0 Å². The van der Waals surface area contributed by atoms with Gasteiger partial charge in [0.2, 0.25) is 15.9 Å². The highest BCUT2D eigenvalue weighted by Crippen LogP contribution is 2.33. The Morgan fingerprint density at radius 2 is 1.59 bits per heavy atom. The van der Waals surface area contributed by atoms with Crippen LogP contribution in [-0.2, 0) is 14.8 Å². The molecule has 7 nitrogen and oxygen atoms in total. The predicted octanol–water partition coefficient (Wildman–Crippen LogP) is 3.42. The van der Waals surface area contributed by atoms with E-state index in [1.165, 1.54) is 32.4 Å². The molecule has 2 aromatic rings. The summed E-state index contributed by atoms with van der Waals surface area (Å²) in [4.78, 5) is 12.5. The van der Waals surface area contributed by atoms with Gasteiger partial charge in [-0.05, 0) is 36.4 Å². The molecule has 27 heavy (non-hydrogen) atoms. The molecule has 0 unspecified atom stereocenters. The van der Waals surface area contributed by atoms with E-state index in [4.69, 9.17) is 32.7 Å². The van der Waals surface area contributed by atoms with Crippen LogP contribution in [0.5, 0.6) is 11.5 Å². The summed E-state index contributed by atoms with van der Waals surface area (Å²) in [5.74, 6) is 0.0555. The molecule has 0 spiro atoms. The Bertz CT molecular complexity index is 950. The highest BCUT2D eigenvalue weighted by Gasteiger charge is 2.25. The van der Waals surface area contributed by atoms with Gasteiger partial charge in [-0.3, -0.25) is 9.10 Å². The van der Waals surface area contributed by atoms with Gasteiger partial charge in [-0.25, -0.2) is 8.42 Å². The van der Waals surface area contributed by atoms with E-state index in [1.807, 2.05) is 0 Å². The van der Waals surface area contributed by atoms with Crippen molar-refractivity contribution in [2.75, 3.05) is 36.6 Å². The van der Waals surface area contributed by atoms with Crippen molar-refractivity contribution >= 4 is 50.5 Å². The molecule has 0 saturated heterocycles. The largest absolute Gasteiger partial charge is 0.495 e. The van der Waals surface area contributed by atoms with Crippen molar-refractivity contribution in [1.29, 1.82) is 0 Å². The molecular weight excluding hydrogens is 415 g/mol. The highest BCUT2D eigenvalue weighted by molar-refractivity contribution is 7.92. The SMILES string of the molecule is COc1ccc(Cl)cc1NC(=O)CN(c1cc(Cl)ccc1OC)S(C)(=O)=O. The average molecular weight is 433 g/mol. The minimum atomic E-state index is -3.80. The van der Waals surface area contributed by atoms with Crippen molar-refractivity contribution in [3.05, 3.63) is 46.4 Å². The number of nitrogens with zero attached hydrogens (tertiary/aromatic N) is 1. The van der Waals surface area contributed by atoms with E-state index in [1.54, 1.807) is 18.2 Å². The van der Waals surface area contributed by atoms with Gasteiger partial charge in [-0.15, -0.1) is 0 Å². The van der Waals surface area contributed by atoms with Crippen molar-refractivity contribution in [1.82, 2.24) is 0 Å². The first-order chi connectivity index (χ1) is 12.7. The van der Waals surface area contributed by atoms with Crippen LogP contribution in [0.1, 0.15) is 0 Å². The number of carbonyl (C=O) groups excluding carboxylic acids is 1. The normalized spacial score (nSPS) is 11.0. The molecule has 0 atom stereocenters. The lowest BCUT2D eigenvalue weighted by Gasteiger charge is -2.24. The van der Waals surface area contributed by atoms with Gasteiger partial charge in [0.25, 0.3) is 0 Å². The number of nitrogens with one attached hydrogen (secondary N) is 1. The fourth-order valence-corrected chi connectivity index (χ4v) is 3.53. The Kier molecular flexibility index (Phi) is 6.80. The minimum absolute atomic E-state index is 0.153. The molecule has 1 amide bonds. The maximum absolute atomic E-state index is 12.5. The third kappa shape index (κ3) is 5.41. The molecule has 10 heteroatoms. The quantitative estimate of drug-likeness (QED) is 0.724. The molecule has 0 fully saturated rings. The van der Waals surface area contributed by atoms with Crippen molar-refractivity contribution in [3.63, 3.8) is 0 Å². The first kappa shape index (κ1) is 21.1. The molecule has 0 aliphatic rings. The van der Waals surface area contributed by atoms with Crippen molar-refractivity contribution in [2.45, 2.75) is 0 Å². The number of sulfonamides is 1. The topological polar surface area (TPSA) is 84.9 Å². The molecule has 0 radical (unpaired) electrons. The summed E-state index contributed by atoms with van der Waals surface area (Å²) in [6, 6.07) is 9.19. The second-order valence-electron chi connectivity index (χ2n) is 5.48. The number of carbonyl (C=O) groups is 1. The fourth-order valence-electron chi connectivity index (χ4n) is 2.34. The van der Waals surface area contributed by atoms with Crippen LogP contribution in [0.2, 0.25) is 10.0 Å². The van der Waals surface area contributed by atoms with Crippen LogP contribution >= 0.6 is 23.2 Å². The smallest absolute Gasteiger partial charge is 0.245 e. The number of benzene rings is 2.